The highest BCUT2D eigenvalue weighted by molar-refractivity contribution is 5.85. The first kappa shape index (κ1) is 18.8. The summed E-state index contributed by atoms with van der Waals surface area (Å²) in [5.41, 5.74) is 0.699. The van der Waals surface area contributed by atoms with Gasteiger partial charge in [0.15, 0.2) is 22.6 Å². The fourth-order valence-electron chi connectivity index (χ4n) is 2.42. The number of halogens is 1. The number of nitrogens with one attached hydrogen (secondary N) is 2. The van der Waals surface area contributed by atoms with Gasteiger partial charge >= 0.3 is 0 Å². The number of nitrogens with zero attached hydrogens (tertiary/aromatic N) is 3. The van der Waals surface area contributed by atoms with Gasteiger partial charge in [0, 0.05) is 0 Å². The minimum absolute atomic E-state index is 0. The number of phenolic OH excluding ortho intramolecular Hbond substituents is 1. The van der Waals surface area contributed by atoms with Crippen LogP contribution in [-0.2, 0) is 12.1 Å². The summed E-state index contributed by atoms with van der Waals surface area (Å²) in [6.45, 7) is 3.64. The van der Waals surface area contributed by atoms with Gasteiger partial charge in [-0.15, -0.1) is 12.4 Å². The van der Waals surface area contributed by atoms with E-state index >= 15 is 0 Å². The van der Waals surface area contributed by atoms with Crippen LogP contribution in [0.5, 0.6) is 11.5 Å². The molecule has 2 heterocycles. The highest BCUT2D eigenvalue weighted by atomic mass is 35.5. The minimum Gasteiger partial charge on any atom is -0.504 e. The Balaban J connectivity index is 0.00000225. The fourth-order valence-corrected chi connectivity index (χ4v) is 2.42. The Morgan fingerprint density at radius 3 is 2.68 bits per heavy atom. The molecule has 0 bridgehead atoms. The van der Waals surface area contributed by atoms with Gasteiger partial charge < -0.3 is 24.5 Å². The van der Waals surface area contributed by atoms with Crippen molar-refractivity contribution < 1.29 is 14.9 Å². The molecule has 0 aliphatic heterocycles. The van der Waals surface area contributed by atoms with E-state index in [0.29, 0.717) is 29.3 Å². The lowest BCUT2D eigenvalue weighted by atomic mass is 10.1. The lowest BCUT2D eigenvalue weighted by Crippen LogP contribution is -2.17. The molecule has 0 saturated heterocycles. The first-order valence-electron chi connectivity index (χ1n) is 7.38. The van der Waals surface area contributed by atoms with Crippen molar-refractivity contribution in [2.45, 2.75) is 26.0 Å². The van der Waals surface area contributed by atoms with Gasteiger partial charge in [-0.05, 0) is 31.5 Å². The lowest BCUT2D eigenvalue weighted by Gasteiger charge is -2.12. The molecule has 0 spiro atoms. The second kappa shape index (κ2) is 6.73. The normalized spacial score (nSPS) is 11.4. The maximum atomic E-state index is 10.1. The quantitative estimate of drug-likeness (QED) is 0.560. The third-order valence-electron chi connectivity index (χ3n) is 3.70. The Hall–Kier alpha value is -2.58. The Kier molecular flexibility index (Phi) is 5.05. The average Bonchev–Trinajstić information content (AvgIpc) is 2.97. The number of rotatable bonds is 4. The van der Waals surface area contributed by atoms with E-state index in [1.807, 2.05) is 6.07 Å². The number of methoxy groups -OCH3 is 1. The highest BCUT2D eigenvalue weighted by Crippen LogP contribution is 2.27. The molecule has 9 heteroatoms. The SMILES string of the molecule is COc1ccc(Cn2cnc(=N)c3[nH]c(C(C)(C)O)nc32)cc1O.Cl. The van der Waals surface area contributed by atoms with Crippen molar-refractivity contribution in [3.63, 3.8) is 0 Å². The second-order valence-electron chi connectivity index (χ2n) is 6.07. The third kappa shape index (κ3) is 3.59. The zero-order valence-corrected chi connectivity index (χ0v) is 14.9. The van der Waals surface area contributed by atoms with Crippen LogP contribution < -0.4 is 10.2 Å². The van der Waals surface area contributed by atoms with Crippen LogP contribution in [0.25, 0.3) is 11.2 Å². The number of aromatic nitrogens is 4. The predicted molar refractivity (Wildman–Crippen MR) is 94.0 cm³/mol. The molecule has 0 atom stereocenters. The number of aliphatic hydroxyl groups is 1. The summed E-state index contributed by atoms with van der Waals surface area (Å²) in [4.78, 5) is 11.4. The molecule has 3 rings (SSSR count). The van der Waals surface area contributed by atoms with E-state index in [2.05, 4.69) is 15.0 Å². The topological polar surface area (TPSA) is 120 Å². The van der Waals surface area contributed by atoms with Gasteiger partial charge in [-0.25, -0.2) is 9.97 Å². The molecule has 3 aromatic rings. The van der Waals surface area contributed by atoms with E-state index in [1.54, 1.807) is 30.5 Å². The molecule has 0 aliphatic rings. The van der Waals surface area contributed by atoms with Crippen LogP contribution in [0.15, 0.2) is 24.5 Å². The third-order valence-corrected chi connectivity index (χ3v) is 3.70. The first-order chi connectivity index (χ1) is 11.3. The molecule has 0 aliphatic carbocycles. The van der Waals surface area contributed by atoms with Gasteiger partial charge in [0.05, 0.1) is 20.0 Å². The van der Waals surface area contributed by atoms with Crippen LogP contribution in [0.4, 0.5) is 0 Å². The van der Waals surface area contributed by atoms with E-state index < -0.39 is 5.60 Å². The summed E-state index contributed by atoms with van der Waals surface area (Å²) in [6.07, 6.45) is 1.51. The Morgan fingerprint density at radius 1 is 1.36 bits per heavy atom. The number of imidazole rings is 1. The molecule has 2 aromatic heterocycles. The lowest BCUT2D eigenvalue weighted by molar-refractivity contribution is 0.0699. The molecule has 4 N–H and O–H groups in total. The van der Waals surface area contributed by atoms with Gasteiger partial charge in [-0.3, -0.25) is 5.41 Å². The van der Waals surface area contributed by atoms with Crippen molar-refractivity contribution in [2.75, 3.05) is 7.11 Å². The van der Waals surface area contributed by atoms with E-state index in [4.69, 9.17) is 10.1 Å². The number of hydrogen-bond donors (Lipinski definition) is 4. The van der Waals surface area contributed by atoms with Crippen LogP contribution in [0.2, 0.25) is 0 Å². The largest absolute Gasteiger partial charge is 0.504 e. The molecular formula is C16H20ClN5O3. The monoisotopic (exact) mass is 365 g/mol. The second-order valence-corrected chi connectivity index (χ2v) is 6.07. The van der Waals surface area contributed by atoms with E-state index in [0.717, 1.165) is 5.56 Å². The number of ether oxygens (including phenoxy) is 1. The van der Waals surface area contributed by atoms with Crippen molar-refractivity contribution in [2.24, 2.45) is 0 Å². The summed E-state index contributed by atoms with van der Waals surface area (Å²) in [5.74, 6) is 0.819. The zero-order chi connectivity index (χ0) is 17.5. The summed E-state index contributed by atoms with van der Waals surface area (Å²) in [6, 6.07) is 5.12. The Bertz CT molecular complexity index is 959. The molecule has 0 unspecified atom stereocenters. The maximum Gasteiger partial charge on any atom is 0.173 e. The molecule has 25 heavy (non-hydrogen) atoms. The van der Waals surface area contributed by atoms with E-state index in [-0.39, 0.29) is 23.6 Å². The number of benzene rings is 1. The number of aromatic hydroxyl groups is 1. The van der Waals surface area contributed by atoms with Crippen molar-refractivity contribution in [1.82, 2.24) is 19.5 Å². The van der Waals surface area contributed by atoms with Crippen LogP contribution in [0, 0.1) is 5.41 Å². The van der Waals surface area contributed by atoms with Crippen molar-refractivity contribution in [1.29, 1.82) is 5.41 Å². The molecule has 0 fully saturated rings. The van der Waals surface area contributed by atoms with E-state index in [9.17, 15) is 10.2 Å². The Labute approximate surface area is 150 Å². The number of aromatic amines is 1. The molecular weight excluding hydrogens is 346 g/mol. The molecule has 0 amide bonds. The van der Waals surface area contributed by atoms with Crippen LogP contribution in [0.3, 0.4) is 0 Å². The highest BCUT2D eigenvalue weighted by Gasteiger charge is 2.22. The number of H-pyrrole nitrogens is 1. The predicted octanol–water partition coefficient (Wildman–Crippen LogP) is 1.65. The van der Waals surface area contributed by atoms with Crippen LogP contribution in [-0.4, -0.2) is 36.8 Å². The minimum atomic E-state index is -1.15. The Morgan fingerprint density at radius 2 is 2.08 bits per heavy atom. The molecule has 1 aromatic carbocycles. The van der Waals surface area contributed by atoms with Crippen LogP contribution >= 0.6 is 12.4 Å². The number of hydrogen-bond acceptors (Lipinski definition) is 6. The maximum absolute atomic E-state index is 10.1. The molecule has 0 radical (unpaired) electrons. The number of fused-ring (bicyclic) bond motifs is 1. The number of phenols is 1. The van der Waals surface area contributed by atoms with Crippen molar-refractivity contribution in [3.05, 3.63) is 41.4 Å². The average molecular weight is 366 g/mol. The smallest absolute Gasteiger partial charge is 0.173 e. The van der Waals surface area contributed by atoms with Gasteiger partial charge in [0.1, 0.15) is 16.9 Å². The van der Waals surface area contributed by atoms with E-state index in [1.165, 1.54) is 13.4 Å². The first-order valence-corrected chi connectivity index (χ1v) is 7.38. The summed E-state index contributed by atoms with van der Waals surface area (Å²) in [5, 5.41) is 27.9. The van der Waals surface area contributed by atoms with Gasteiger partial charge in [-0.2, -0.15) is 0 Å². The molecule has 134 valence electrons. The summed E-state index contributed by atoms with van der Waals surface area (Å²) < 4.78 is 6.79. The summed E-state index contributed by atoms with van der Waals surface area (Å²) in [7, 11) is 1.49. The zero-order valence-electron chi connectivity index (χ0n) is 14.1. The van der Waals surface area contributed by atoms with Crippen molar-refractivity contribution >= 4 is 23.6 Å². The summed E-state index contributed by atoms with van der Waals surface area (Å²) >= 11 is 0. The van der Waals surface area contributed by atoms with Gasteiger partial charge in [0.2, 0.25) is 0 Å². The molecule has 0 saturated carbocycles. The van der Waals surface area contributed by atoms with Gasteiger partial charge in [-0.1, -0.05) is 6.07 Å². The fraction of sp³-hybridized carbons (Fsp3) is 0.312. The molecule has 8 nitrogen and oxygen atoms in total. The standard InChI is InChI=1S/C16H19N5O3.ClH/c1-16(2,23)15-19-12-13(17)18-8-21(14(12)20-15)7-9-4-5-11(24-3)10(22)6-9;/h4-6,8,17,22-23H,7H2,1-3H3,(H,19,20);1H. The van der Waals surface area contributed by atoms with Gasteiger partial charge in [0.25, 0.3) is 0 Å². The van der Waals surface area contributed by atoms with Crippen LogP contribution in [0.1, 0.15) is 25.2 Å². The van der Waals surface area contributed by atoms with Crippen molar-refractivity contribution in [3.8, 4) is 11.5 Å².